The van der Waals surface area contributed by atoms with Gasteiger partial charge in [-0.15, -0.1) is 0 Å². The zero-order valence-corrected chi connectivity index (χ0v) is 74.2. The lowest BCUT2D eigenvalue weighted by Gasteiger charge is -2.39. The van der Waals surface area contributed by atoms with Crippen LogP contribution in [0, 0.1) is 39.0 Å². The molecule has 14 heterocycles. The van der Waals surface area contributed by atoms with Gasteiger partial charge >= 0.3 is 0 Å². The number of fused-ring (bicyclic) bond motifs is 3. The number of nitrogens with zero attached hydrogens (tertiary/aromatic N) is 18. The Labute approximate surface area is 741 Å². The number of halogens is 1. The average molecular weight is 1710 g/mol. The van der Waals surface area contributed by atoms with Crippen molar-refractivity contribution < 1.29 is 28.1 Å². The largest absolute Gasteiger partial charge is 0.494 e. The molecule has 27 heteroatoms. The summed E-state index contributed by atoms with van der Waals surface area (Å²) in [5.41, 5.74) is 24.2. The molecule has 5 saturated heterocycles. The fourth-order valence-electron chi connectivity index (χ4n) is 18.7. The number of piperidine rings is 3. The highest BCUT2D eigenvalue weighted by Crippen LogP contribution is 2.46. The number of pyridine rings is 3. The van der Waals surface area contributed by atoms with Crippen LogP contribution in [0.1, 0.15) is 176 Å². The monoisotopic (exact) mass is 1700 g/mol. The number of alkyl halides is 1. The number of benzene rings is 3. The van der Waals surface area contributed by atoms with Crippen LogP contribution in [0.15, 0.2) is 141 Å². The Bertz CT molecular complexity index is 6080. The van der Waals surface area contributed by atoms with Crippen molar-refractivity contribution in [2.75, 3.05) is 130 Å². The van der Waals surface area contributed by atoms with E-state index in [9.17, 15) is 4.39 Å². The van der Waals surface area contributed by atoms with E-state index < -0.39 is 6.36 Å². The van der Waals surface area contributed by atoms with Crippen molar-refractivity contribution in [3.05, 3.63) is 237 Å². The van der Waals surface area contributed by atoms with Gasteiger partial charge in [0.05, 0.1) is 73.8 Å². The number of hydrogen-bond donors (Lipinski definition) is 3. The van der Waals surface area contributed by atoms with Crippen LogP contribution in [0.5, 0.6) is 17.2 Å². The minimum atomic E-state index is -1.35. The first kappa shape index (κ1) is 84.8. The molecule has 3 aromatic carbocycles. The standard InChI is InChI=1S/C35H41N7O2.C34H38FN7O2.C31H31N7O/c1-5-44-30-8-6-25(18-23(30)2)32-24(3)39-34(40-32)35(4)10-12-42(13-11-35)33-28-19-27(20-29(28)37-22-38-33)26-7-9-31(36-21-26)41-14-16-43-17-15-41;1-22-31(24-4-7-27(8-5-24)44-23(2)35)40-33(39-22)34(3)10-12-42(13-11-34)32-28-18-26(19-29(28)37-21-38-32)25-6-9-30(36-20-25)41-14-16-43-17-15-41;1-4-39-25-9-6-21(7-10-25)28-20(2)36-30(37-28)31(3)11-13-38(14-12-31)29-26-15-23(16-27(26)34-19-35-29)22-5-8-24(17-32)33-18-22/h6-9,18-19,21-22H,5,10-17,20H2,1-4H3,(H,39,40);4-9,18,20-21,23H,10-17,19H2,1-3H3,(H,39,40);5-10,15,18-19H,4,11-14,16H2,1-3H3,(H,36,37). The van der Waals surface area contributed by atoms with E-state index in [0.717, 1.165) is 320 Å². The molecule has 1 unspecified atom stereocenters. The van der Waals surface area contributed by atoms with E-state index in [2.05, 4.69) is 187 Å². The Morgan fingerprint density at radius 2 is 0.787 bits per heavy atom. The van der Waals surface area contributed by atoms with Gasteiger partial charge in [-0.05, 0) is 234 Å². The number of nitrogens with one attached hydrogen (secondary N) is 3. The summed E-state index contributed by atoms with van der Waals surface area (Å²) < 4.78 is 40.7. The van der Waals surface area contributed by atoms with Crippen molar-refractivity contribution in [3.8, 4) is 57.1 Å². The minimum absolute atomic E-state index is 0.0368. The summed E-state index contributed by atoms with van der Waals surface area (Å²) in [6.07, 6.45) is 24.3. The molecular weight excluding hydrogens is 1590 g/mol. The van der Waals surface area contributed by atoms with Gasteiger partial charge in [0.1, 0.15) is 94.6 Å². The molecule has 0 saturated carbocycles. The lowest BCUT2D eigenvalue weighted by Crippen LogP contribution is -2.42. The second-order valence-corrected chi connectivity index (χ2v) is 35.1. The molecule has 0 spiro atoms. The van der Waals surface area contributed by atoms with Gasteiger partial charge in [-0.2, -0.15) is 5.26 Å². The average Bonchev–Trinajstić information content (AvgIpc) is 1.68. The first-order chi connectivity index (χ1) is 61.7. The summed E-state index contributed by atoms with van der Waals surface area (Å²) >= 11 is 0. The molecule has 8 aliphatic rings. The van der Waals surface area contributed by atoms with Gasteiger partial charge in [0.15, 0.2) is 0 Å². The van der Waals surface area contributed by atoms with Crippen LogP contribution in [-0.2, 0) is 45.0 Å². The van der Waals surface area contributed by atoms with E-state index in [1.54, 1.807) is 43.4 Å². The number of aromatic amines is 3. The van der Waals surface area contributed by atoms with Crippen molar-refractivity contribution in [2.24, 2.45) is 0 Å². The number of imidazole rings is 3. The topological polar surface area (TPSA) is 288 Å². The van der Waals surface area contributed by atoms with Gasteiger partial charge in [-0.3, -0.25) is 0 Å². The van der Waals surface area contributed by atoms with E-state index >= 15 is 0 Å². The molecule has 0 amide bonds. The smallest absolute Gasteiger partial charge is 0.235 e. The van der Waals surface area contributed by atoms with Crippen LogP contribution >= 0.6 is 0 Å². The second-order valence-electron chi connectivity index (χ2n) is 35.1. The normalized spacial score (nSPS) is 17.5. The first-order valence-electron chi connectivity index (χ1n) is 44.7. The third-order valence-electron chi connectivity index (χ3n) is 26.5. The highest BCUT2D eigenvalue weighted by atomic mass is 19.1. The third kappa shape index (κ3) is 18.0. The number of hydrogen-bond acceptors (Lipinski definition) is 23. The Morgan fingerprint density at radius 1 is 0.425 bits per heavy atom. The van der Waals surface area contributed by atoms with Crippen molar-refractivity contribution in [1.82, 2.24) is 74.8 Å². The Balaban J connectivity index is 0.000000129. The summed E-state index contributed by atoms with van der Waals surface area (Å²) in [6, 6.07) is 36.3. The number of ether oxygens (including phenoxy) is 5. The van der Waals surface area contributed by atoms with E-state index in [0.29, 0.717) is 24.7 Å². The van der Waals surface area contributed by atoms with E-state index in [1.807, 2.05) is 56.6 Å². The third-order valence-corrected chi connectivity index (χ3v) is 26.5. The second kappa shape index (κ2) is 36.5. The molecule has 1 atom stereocenters. The summed E-state index contributed by atoms with van der Waals surface area (Å²) in [5.74, 6) is 10.5. The van der Waals surface area contributed by atoms with Crippen molar-refractivity contribution in [2.45, 2.75) is 150 Å². The number of H-pyrrole nitrogens is 3. The predicted molar refractivity (Wildman–Crippen MR) is 495 cm³/mol. The summed E-state index contributed by atoms with van der Waals surface area (Å²) in [4.78, 5) is 79.8. The zero-order chi connectivity index (χ0) is 87.5. The number of allylic oxidation sites excluding steroid dienone is 3. The summed E-state index contributed by atoms with van der Waals surface area (Å²) in [5, 5.41) is 9.06. The van der Waals surface area contributed by atoms with Crippen LogP contribution in [0.25, 0.3) is 68.7 Å². The predicted octanol–water partition coefficient (Wildman–Crippen LogP) is 17.0. The molecule has 0 bridgehead atoms. The van der Waals surface area contributed by atoms with E-state index in [-0.39, 0.29) is 16.2 Å². The Hall–Kier alpha value is -13.1. The quantitative estimate of drug-likeness (QED) is 0.0639. The molecule has 3 N–H and O–H groups in total. The number of aryl methyl sites for hydroxylation is 4. The number of morpholine rings is 2. The molecule has 12 aromatic rings. The Kier molecular flexibility index (Phi) is 24.4. The fraction of sp³-hybridized carbons (Fsp3) is 0.390. The fourth-order valence-corrected chi connectivity index (χ4v) is 18.7. The van der Waals surface area contributed by atoms with Crippen molar-refractivity contribution >= 4 is 64.0 Å². The lowest BCUT2D eigenvalue weighted by molar-refractivity contribution is 0.0860. The molecule has 9 aromatic heterocycles. The van der Waals surface area contributed by atoms with Gasteiger partial charge in [0.2, 0.25) is 6.36 Å². The number of rotatable bonds is 20. The molecule has 5 aliphatic heterocycles. The maximum absolute atomic E-state index is 13.2. The SMILES string of the molecule is CCOc1ccc(-c2nc(C3(C)CCN(c4ncnc5c4C=C(c4ccc(C#N)nc4)C5)CC3)[nH]c2C)cc1.CCOc1ccc(-c2nc(C3(C)CCN(c4ncnc5c4C=C(c4ccc(N6CCOCC6)nc4)C5)CC3)[nH]c2C)cc1C.Cc1[nH]c(C2(C)CCN(c3ncnc4c3C=C(c3ccc(N5CCOCC5)nc3)C4)CC2)nc1-c1ccc(OC(C)F)cc1. The molecule has 652 valence electrons. The van der Waals surface area contributed by atoms with Gasteiger partial charge < -0.3 is 63.1 Å². The zero-order valence-electron chi connectivity index (χ0n) is 74.2. The number of aromatic nitrogens is 15. The maximum Gasteiger partial charge on any atom is 0.235 e. The van der Waals surface area contributed by atoms with Crippen molar-refractivity contribution in [1.29, 1.82) is 5.26 Å². The first-order valence-corrected chi connectivity index (χ1v) is 44.7. The van der Waals surface area contributed by atoms with Crippen LogP contribution in [0.4, 0.5) is 33.5 Å². The van der Waals surface area contributed by atoms with E-state index in [1.165, 1.54) is 18.1 Å². The van der Waals surface area contributed by atoms with Crippen molar-refractivity contribution in [3.63, 3.8) is 0 Å². The maximum atomic E-state index is 13.2. The van der Waals surface area contributed by atoms with Gasteiger partial charge in [0.25, 0.3) is 0 Å². The van der Waals surface area contributed by atoms with Crippen LogP contribution in [0.2, 0.25) is 0 Å². The van der Waals surface area contributed by atoms with Gasteiger partial charge in [-0.1, -0.05) is 26.8 Å². The van der Waals surface area contributed by atoms with Crippen LogP contribution in [0.3, 0.4) is 0 Å². The van der Waals surface area contributed by atoms with Crippen LogP contribution in [-0.4, -0.2) is 186 Å². The van der Waals surface area contributed by atoms with Gasteiger partial charge in [0, 0.05) is 177 Å². The van der Waals surface area contributed by atoms with E-state index in [4.69, 9.17) is 68.8 Å². The molecule has 20 rings (SSSR count). The highest BCUT2D eigenvalue weighted by Gasteiger charge is 2.41. The molecular formula is C100H110FN21O5. The summed E-state index contributed by atoms with van der Waals surface area (Å²) in [6.45, 7) is 33.9. The molecule has 3 aliphatic carbocycles. The molecule has 26 nitrogen and oxygen atoms in total. The molecule has 127 heavy (non-hydrogen) atoms. The minimum Gasteiger partial charge on any atom is -0.494 e. The number of nitriles is 1. The summed E-state index contributed by atoms with van der Waals surface area (Å²) in [7, 11) is 0. The lowest BCUT2D eigenvalue weighted by atomic mass is 9.79. The highest BCUT2D eigenvalue weighted by molar-refractivity contribution is 5.93. The Morgan fingerprint density at radius 3 is 1.13 bits per heavy atom. The number of anilines is 5. The van der Waals surface area contributed by atoms with Crippen LogP contribution < -0.4 is 38.7 Å². The molecule has 5 fully saturated rings. The molecule has 0 radical (unpaired) electrons. The van der Waals surface area contributed by atoms with Gasteiger partial charge in [-0.25, -0.2) is 64.2 Å².